The summed E-state index contributed by atoms with van der Waals surface area (Å²) in [7, 11) is 0. The maximum absolute atomic E-state index is 3.54. The van der Waals surface area contributed by atoms with Gasteiger partial charge >= 0.3 is 0 Å². The maximum Gasteiger partial charge on any atom is 0.00703 e. The first kappa shape index (κ1) is 16.0. The fourth-order valence-electron chi connectivity index (χ4n) is 3.02. The second-order valence-corrected chi connectivity index (χ2v) is 6.82. The van der Waals surface area contributed by atoms with Crippen LogP contribution in [0, 0.1) is 11.8 Å². The highest BCUT2D eigenvalue weighted by atomic mass is 15.2. The van der Waals surface area contributed by atoms with E-state index >= 15 is 0 Å². The van der Waals surface area contributed by atoms with Gasteiger partial charge in [0, 0.05) is 18.6 Å². The zero-order valence-corrected chi connectivity index (χ0v) is 13.2. The molecule has 0 amide bonds. The van der Waals surface area contributed by atoms with Crippen molar-refractivity contribution in [2.24, 2.45) is 11.8 Å². The van der Waals surface area contributed by atoms with Crippen LogP contribution in [0.4, 0.5) is 0 Å². The molecule has 0 aromatic heterocycles. The first-order valence-electron chi connectivity index (χ1n) is 7.97. The number of hydrogen-bond donors (Lipinski definition) is 1. The van der Waals surface area contributed by atoms with Crippen LogP contribution in [-0.2, 0) is 0 Å². The van der Waals surface area contributed by atoms with Gasteiger partial charge in [-0.25, -0.2) is 0 Å². The number of nitrogens with zero attached hydrogens (tertiary/aromatic N) is 1. The minimum Gasteiger partial charge on any atom is -0.316 e. The van der Waals surface area contributed by atoms with Crippen molar-refractivity contribution in [3.63, 3.8) is 0 Å². The van der Waals surface area contributed by atoms with E-state index in [-0.39, 0.29) is 0 Å². The van der Waals surface area contributed by atoms with Crippen molar-refractivity contribution >= 4 is 0 Å². The summed E-state index contributed by atoms with van der Waals surface area (Å²) < 4.78 is 0. The standard InChI is InChI=1S/C16H34N2/c1-13(2)11-17-10-6-7-15(4)18-12-14(3)8-9-16(18)5/h13-17H,6-12H2,1-5H3. The van der Waals surface area contributed by atoms with Gasteiger partial charge < -0.3 is 5.32 Å². The first-order valence-corrected chi connectivity index (χ1v) is 7.97. The van der Waals surface area contributed by atoms with E-state index in [1.54, 1.807) is 0 Å². The van der Waals surface area contributed by atoms with E-state index in [1.807, 2.05) is 0 Å². The van der Waals surface area contributed by atoms with Crippen LogP contribution in [0.15, 0.2) is 0 Å². The molecule has 0 aromatic rings. The Morgan fingerprint density at radius 1 is 1.17 bits per heavy atom. The zero-order chi connectivity index (χ0) is 13.5. The van der Waals surface area contributed by atoms with Crippen molar-refractivity contribution in [3.05, 3.63) is 0 Å². The highest BCUT2D eigenvalue weighted by Gasteiger charge is 2.26. The quantitative estimate of drug-likeness (QED) is 0.699. The van der Waals surface area contributed by atoms with E-state index in [2.05, 4.69) is 44.8 Å². The van der Waals surface area contributed by atoms with Crippen molar-refractivity contribution in [1.82, 2.24) is 10.2 Å². The topological polar surface area (TPSA) is 15.3 Å². The Labute approximate surface area is 115 Å². The van der Waals surface area contributed by atoms with Crippen LogP contribution in [0.2, 0.25) is 0 Å². The Hall–Kier alpha value is -0.0800. The van der Waals surface area contributed by atoms with E-state index in [9.17, 15) is 0 Å². The van der Waals surface area contributed by atoms with Gasteiger partial charge in [-0.3, -0.25) is 4.90 Å². The Morgan fingerprint density at radius 2 is 1.89 bits per heavy atom. The maximum atomic E-state index is 3.54. The van der Waals surface area contributed by atoms with Crippen LogP contribution in [0.3, 0.4) is 0 Å². The number of hydrogen-bond acceptors (Lipinski definition) is 2. The van der Waals surface area contributed by atoms with Crippen molar-refractivity contribution in [2.45, 2.75) is 72.4 Å². The number of nitrogens with one attached hydrogen (secondary N) is 1. The molecule has 1 aliphatic heterocycles. The molecular formula is C16H34N2. The van der Waals surface area contributed by atoms with Crippen LogP contribution >= 0.6 is 0 Å². The molecule has 0 spiro atoms. The molecule has 0 bridgehead atoms. The molecule has 2 heteroatoms. The lowest BCUT2D eigenvalue weighted by Crippen LogP contribution is -2.46. The third-order valence-corrected chi connectivity index (χ3v) is 4.26. The third kappa shape index (κ3) is 5.71. The third-order valence-electron chi connectivity index (χ3n) is 4.26. The van der Waals surface area contributed by atoms with E-state index < -0.39 is 0 Å². The molecule has 18 heavy (non-hydrogen) atoms. The Balaban J connectivity index is 2.16. The molecule has 2 nitrogen and oxygen atoms in total. The van der Waals surface area contributed by atoms with Crippen LogP contribution in [-0.4, -0.2) is 36.6 Å². The van der Waals surface area contributed by atoms with Gasteiger partial charge in [-0.05, 0) is 64.5 Å². The van der Waals surface area contributed by atoms with Gasteiger partial charge in [0.25, 0.3) is 0 Å². The summed E-state index contributed by atoms with van der Waals surface area (Å²) in [6.07, 6.45) is 5.45. The predicted molar refractivity (Wildman–Crippen MR) is 81.0 cm³/mol. The Kier molecular flexibility index (Phi) is 7.25. The number of likely N-dealkylation sites (tertiary alicyclic amines) is 1. The Bertz CT molecular complexity index is 215. The molecule has 1 rings (SSSR count). The van der Waals surface area contributed by atoms with Gasteiger partial charge in [-0.15, -0.1) is 0 Å². The van der Waals surface area contributed by atoms with Gasteiger partial charge in [0.2, 0.25) is 0 Å². The van der Waals surface area contributed by atoms with Crippen LogP contribution in [0.5, 0.6) is 0 Å². The highest BCUT2D eigenvalue weighted by Crippen LogP contribution is 2.24. The summed E-state index contributed by atoms with van der Waals surface area (Å²) in [5.41, 5.74) is 0. The molecule has 0 radical (unpaired) electrons. The lowest BCUT2D eigenvalue weighted by Gasteiger charge is -2.41. The minimum absolute atomic E-state index is 0.753. The fourth-order valence-corrected chi connectivity index (χ4v) is 3.02. The van der Waals surface area contributed by atoms with Gasteiger partial charge in [0.1, 0.15) is 0 Å². The summed E-state index contributed by atoms with van der Waals surface area (Å²) in [5, 5.41) is 3.54. The van der Waals surface area contributed by atoms with E-state index in [4.69, 9.17) is 0 Å². The normalized spacial score (nSPS) is 27.7. The fraction of sp³-hybridized carbons (Fsp3) is 1.00. The minimum atomic E-state index is 0.753. The van der Waals surface area contributed by atoms with Crippen molar-refractivity contribution in [1.29, 1.82) is 0 Å². The summed E-state index contributed by atoms with van der Waals surface area (Å²) in [6.45, 7) is 15.4. The van der Waals surface area contributed by atoms with E-state index in [1.165, 1.54) is 38.8 Å². The van der Waals surface area contributed by atoms with Gasteiger partial charge in [0.05, 0.1) is 0 Å². The van der Waals surface area contributed by atoms with Crippen molar-refractivity contribution in [3.8, 4) is 0 Å². The average Bonchev–Trinajstić information content (AvgIpc) is 2.31. The molecule has 1 heterocycles. The van der Waals surface area contributed by atoms with Gasteiger partial charge in [-0.1, -0.05) is 20.8 Å². The van der Waals surface area contributed by atoms with Crippen molar-refractivity contribution in [2.75, 3.05) is 19.6 Å². The molecule has 3 atom stereocenters. The summed E-state index contributed by atoms with van der Waals surface area (Å²) in [4.78, 5) is 2.73. The van der Waals surface area contributed by atoms with Gasteiger partial charge in [-0.2, -0.15) is 0 Å². The number of rotatable bonds is 7. The molecule has 0 saturated carbocycles. The second-order valence-electron chi connectivity index (χ2n) is 6.82. The molecule has 3 unspecified atom stereocenters. The first-order chi connectivity index (χ1) is 8.50. The van der Waals surface area contributed by atoms with Crippen molar-refractivity contribution < 1.29 is 0 Å². The lowest BCUT2D eigenvalue weighted by atomic mass is 9.93. The number of piperidine rings is 1. The van der Waals surface area contributed by atoms with Crippen LogP contribution < -0.4 is 5.32 Å². The summed E-state index contributed by atoms with van der Waals surface area (Å²) >= 11 is 0. The summed E-state index contributed by atoms with van der Waals surface area (Å²) in [6, 6.07) is 1.54. The molecular weight excluding hydrogens is 220 g/mol. The molecule has 0 aromatic carbocycles. The molecule has 1 N–H and O–H groups in total. The smallest absolute Gasteiger partial charge is 0.00703 e. The Morgan fingerprint density at radius 3 is 2.56 bits per heavy atom. The lowest BCUT2D eigenvalue weighted by molar-refractivity contribution is 0.0796. The van der Waals surface area contributed by atoms with E-state index in [0.29, 0.717) is 0 Å². The highest BCUT2D eigenvalue weighted by molar-refractivity contribution is 4.81. The second kappa shape index (κ2) is 8.16. The largest absolute Gasteiger partial charge is 0.316 e. The van der Waals surface area contributed by atoms with E-state index in [0.717, 1.165) is 30.5 Å². The molecule has 0 aliphatic carbocycles. The monoisotopic (exact) mass is 254 g/mol. The molecule has 1 saturated heterocycles. The average molecular weight is 254 g/mol. The van der Waals surface area contributed by atoms with Gasteiger partial charge in [0.15, 0.2) is 0 Å². The predicted octanol–water partition coefficient (Wildman–Crippen LogP) is 3.52. The summed E-state index contributed by atoms with van der Waals surface area (Å²) in [5.74, 6) is 1.66. The SMILES string of the molecule is CC(C)CNCCCC(C)N1CC(C)CCC1C. The molecule has 1 aliphatic rings. The molecule has 1 fully saturated rings. The zero-order valence-electron chi connectivity index (χ0n) is 13.2. The van der Waals surface area contributed by atoms with Crippen LogP contribution in [0.1, 0.15) is 60.3 Å². The molecule has 108 valence electrons. The van der Waals surface area contributed by atoms with Crippen LogP contribution in [0.25, 0.3) is 0 Å².